The molecule has 1 aromatic rings. The lowest BCUT2D eigenvalue weighted by molar-refractivity contribution is 0.263. The SMILES string of the molecule is OCCC1CCN(c2ccnc(Cl)c2)C1. The van der Waals surface area contributed by atoms with E-state index in [0.717, 1.165) is 31.6 Å². The van der Waals surface area contributed by atoms with Crippen molar-refractivity contribution in [2.45, 2.75) is 12.8 Å². The molecular formula is C11H15ClN2O. The third kappa shape index (κ3) is 2.61. The lowest BCUT2D eigenvalue weighted by atomic mass is 10.1. The predicted octanol–water partition coefficient (Wildman–Crippen LogP) is 1.94. The van der Waals surface area contributed by atoms with Gasteiger partial charge in [0.15, 0.2) is 0 Å². The van der Waals surface area contributed by atoms with Gasteiger partial charge in [-0.05, 0) is 30.9 Å². The van der Waals surface area contributed by atoms with E-state index in [9.17, 15) is 0 Å². The van der Waals surface area contributed by atoms with Gasteiger partial charge in [-0.1, -0.05) is 11.6 Å². The van der Waals surface area contributed by atoms with E-state index in [1.807, 2.05) is 12.1 Å². The molecule has 0 bridgehead atoms. The molecular weight excluding hydrogens is 212 g/mol. The molecule has 1 atom stereocenters. The molecule has 82 valence electrons. The largest absolute Gasteiger partial charge is 0.396 e. The molecule has 3 nitrogen and oxygen atoms in total. The van der Waals surface area contributed by atoms with E-state index in [4.69, 9.17) is 16.7 Å². The number of hydrogen-bond acceptors (Lipinski definition) is 3. The van der Waals surface area contributed by atoms with E-state index in [2.05, 4.69) is 9.88 Å². The smallest absolute Gasteiger partial charge is 0.131 e. The molecule has 15 heavy (non-hydrogen) atoms. The Labute approximate surface area is 94.7 Å². The maximum absolute atomic E-state index is 8.88. The van der Waals surface area contributed by atoms with E-state index < -0.39 is 0 Å². The Bertz CT molecular complexity index is 332. The Hall–Kier alpha value is -0.800. The van der Waals surface area contributed by atoms with E-state index in [1.165, 1.54) is 0 Å². The molecule has 1 aromatic heterocycles. The maximum Gasteiger partial charge on any atom is 0.131 e. The zero-order valence-corrected chi connectivity index (χ0v) is 9.32. The minimum atomic E-state index is 0.287. The second-order valence-electron chi connectivity index (χ2n) is 3.95. The van der Waals surface area contributed by atoms with Crippen LogP contribution in [0.5, 0.6) is 0 Å². The molecule has 1 saturated heterocycles. The quantitative estimate of drug-likeness (QED) is 0.801. The highest BCUT2D eigenvalue weighted by molar-refractivity contribution is 6.29. The second-order valence-corrected chi connectivity index (χ2v) is 4.34. The average Bonchev–Trinajstić information content (AvgIpc) is 2.67. The minimum Gasteiger partial charge on any atom is -0.396 e. The first-order chi connectivity index (χ1) is 7.29. The molecule has 0 aromatic carbocycles. The van der Waals surface area contributed by atoms with Crippen LogP contribution in [-0.2, 0) is 0 Å². The molecule has 1 aliphatic rings. The average molecular weight is 227 g/mol. The van der Waals surface area contributed by atoms with Crippen molar-refractivity contribution in [3.05, 3.63) is 23.5 Å². The number of aliphatic hydroxyl groups excluding tert-OH is 1. The van der Waals surface area contributed by atoms with Gasteiger partial charge in [0.25, 0.3) is 0 Å². The van der Waals surface area contributed by atoms with E-state index in [-0.39, 0.29) is 6.61 Å². The Balaban J connectivity index is 2.01. The van der Waals surface area contributed by atoms with Crippen molar-refractivity contribution in [3.63, 3.8) is 0 Å². The number of anilines is 1. The first-order valence-electron chi connectivity index (χ1n) is 5.27. The van der Waals surface area contributed by atoms with Gasteiger partial charge in [-0.3, -0.25) is 0 Å². The summed E-state index contributed by atoms with van der Waals surface area (Å²) in [4.78, 5) is 6.26. The van der Waals surface area contributed by atoms with Gasteiger partial charge >= 0.3 is 0 Å². The van der Waals surface area contributed by atoms with Gasteiger partial charge in [-0.15, -0.1) is 0 Å². The summed E-state index contributed by atoms with van der Waals surface area (Å²) in [5.74, 6) is 0.613. The van der Waals surface area contributed by atoms with Crippen LogP contribution in [0.15, 0.2) is 18.3 Å². The summed E-state index contributed by atoms with van der Waals surface area (Å²) >= 11 is 5.84. The topological polar surface area (TPSA) is 36.4 Å². The van der Waals surface area contributed by atoms with Gasteiger partial charge in [-0.25, -0.2) is 4.98 Å². The molecule has 0 amide bonds. The maximum atomic E-state index is 8.88. The third-order valence-corrected chi connectivity index (χ3v) is 3.11. The van der Waals surface area contributed by atoms with Crippen LogP contribution in [0.4, 0.5) is 5.69 Å². The van der Waals surface area contributed by atoms with Crippen molar-refractivity contribution in [2.24, 2.45) is 5.92 Å². The van der Waals surface area contributed by atoms with Crippen LogP contribution >= 0.6 is 11.6 Å². The van der Waals surface area contributed by atoms with Crippen molar-refractivity contribution in [2.75, 3.05) is 24.6 Å². The van der Waals surface area contributed by atoms with E-state index in [1.54, 1.807) is 6.20 Å². The highest BCUT2D eigenvalue weighted by atomic mass is 35.5. The van der Waals surface area contributed by atoms with Gasteiger partial charge in [0.05, 0.1) is 0 Å². The lowest BCUT2D eigenvalue weighted by Crippen LogP contribution is -2.19. The molecule has 1 fully saturated rings. The number of aliphatic hydroxyl groups is 1. The summed E-state index contributed by atoms with van der Waals surface area (Å²) in [6, 6.07) is 3.87. The number of nitrogens with zero attached hydrogens (tertiary/aromatic N) is 2. The zero-order valence-electron chi connectivity index (χ0n) is 8.56. The van der Waals surface area contributed by atoms with Crippen LogP contribution in [0.1, 0.15) is 12.8 Å². The van der Waals surface area contributed by atoms with Crippen molar-refractivity contribution in [1.82, 2.24) is 4.98 Å². The Morgan fingerprint density at radius 1 is 1.60 bits per heavy atom. The molecule has 0 radical (unpaired) electrons. The van der Waals surface area contributed by atoms with Gasteiger partial charge in [-0.2, -0.15) is 0 Å². The van der Waals surface area contributed by atoms with Crippen LogP contribution in [0.2, 0.25) is 5.15 Å². The lowest BCUT2D eigenvalue weighted by Gasteiger charge is -2.18. The number of halogens is 1. The van der Waals surface area contributed by atoms with E-state index >= 15 is 0 Å². The zero-order chi connectivity index (χ0) is 10.7. The summed E-state index contributed by atoms with van der Waals surface area (Å²) < 4.78 is 0. The number of rotatable bonds is 3. The first kappa shape index (κ1) is 10.7. The molecule has 0 aliphatic carbocycles. The minimum absolute atomic E-state index is 0.287. The second kappa shape index (κ2) is 4.81. The van der Waals surface area contributed by atoms with Crippen LogP contribution in [0.3, 0.4) is 0 Å². The standard InChI is InChI=1S/C11H15ClN2O/c12-11-7-10(1-4-13-11)14-5-2-9(8-14)3-6-15/h1,4,7,9,15H,2-3,5-6,8H2. The highest BCUT2D eigenvalue weighted by Crippen LogP contribution is 2.26. The summed E-state index contributed by atoms with van der Waals surface area (Å²) in [7, 11) is 0. The predicted molar refractivity (Wildman–Crippen MR) is 61.3 cm³/mol. The molecule has 4 heteroatoms. The number of pyridine rings is 1. The summed E-state index contributed by atoms with van der Waals surface area (Å²) in [6.07, 6.45) is 3.78. The van der Waals surface area contributed by atoms with Gasteiger partial charge < -0.3 is 10.0 Å². The first-order valence-corrected chi connectivity index (χ1v) is 5.65. The van der Waals surface area contributed by atoms with Crippen molar-refractivity contribution >= 4 is 17.3 Å². The van der Waals surface area contributed by atoms with Crippen molar-refractivity contribution < 1.29 is 5.11 Å². The fraction of sp³-hybridized carbons (Fsp3) is 0.545. The molecule has 1 aliphatic heterocycles. The molecule has 0 spiro atoms. The summed E-state index contributed by atoms with van der Waals surface area (Å²) in [5, 5.41) is 9.42. The fourth-order valence-corrected chi connectivity index (χ4v) is 2.24. The third-order valence-electron chi connectivity index (χ3n) is 2.90. The fourth-order valence-electron chi connectivity index (χ4n) is 2.07. The van der Waals surface area contributed by atoms with Gasteiger partial charge in [0, 0.05) is 31.6 Å². The number of hydrogen-bond donors (Lipinski definition) is 1. The number of aromatic nitrogens is 1. The van der Waals surface area contributed by atoms with Crippen LogP contribution in [0, 0.1) is 5.92 Å². The molecule has 2 heterocycles. The van der Waals surface area contributed by atoms with Crippen LogP contribution < -0.4 is 4.90 Å². The van der Waals surface area contributed by atoms with Gasteiger partial charge in [0.2, 0.25) is 0 Å². The summed E-state index contributed by atoms with van der Waals surface area (Å²) in [6.45, 7) is 2.35. The normalized spacial score (nSPS) is 20.9. The van der Waals surface area contributed by atoms with Crippen LogP contribution in [0.25, 0.3) is 0 Å². The summed E-state index contributed by atoms with van der Waals surface area (Å²) in [5.41, 5.74) is 1.13. The molecule has 1 unspecified atom stereocenters. The highest BCUT2D eigenvalue weighted by Gasteiger charge is 2.22. The van der Waals surface area contributed by atoms with Crippen molar-refractivity contribution in [3.8, 4) is 0 Å². The monoisotopic (exact) mass is 226 g/mol. The molecule has 2 rings (SSSR count). The Morgan fingerprint density at radius 3 is 3.20 bits per heavy atom. The van der Waals surface area contributed by atoms with Crippen molar-refractivity contribution in [1.29, 1.82) is 0 Å². The van der Waals surface area contributed by atoms with Gasteiger partial charge in [0.1, 0.15) is 5.15 Å². The Morgan fingerprint density at radius 2 is 2.47 bits per heavy atom. The molecule has 1 N–H and O–H groups in total. The Kier molecular flexibility index (Phi) is 3.44. The van der Waals surface area contributed by atoms with Crippen LogP contribution in [-0.4, -0.2) is 29.8 Å². The van der Waals surface area contributed by atoms with E-state index in [0.29, 0.717) is 11.1 Å². The molecule has 0 saturated carbocycles.